The number of aromatic nitrogens is 3. The Labute approximate surface area is 129 Å². The number of hydrogen-bond donors (Lipinski definition) is 2. The van der Waals surface area contributed by atoms with Crippen molar-refractivity contribution in [3.8, 4) is 0 Å². The minimum Gasteiger partial charge on any atom is -0.342 e. The second kappa shape index (κ2) is 5.65. The highest BCUT2D eigenvalue weighted by molar-refractivity contribution is 9.10. The Bertz CT molecular complexity index is 766. The highest BCUT2D eigenvalue weighted by Gasteiger charge is 2.15. The van der Waals surface area contributed by atoms with E-state index in [9.17, 15) is 4.79 Å². The van der Waals surface area contributed by atoms with E-state index in [0.717, 1.165) is 21.3 Å². The number of imidazole rings is 1. The monoisotopic (exact) mass is 344 g/mol. The minimum atomic E-state index is -0.219. The van der Waals surface area contributed by atoms with Crippen molar-refractivity contribution in [1.29, 1.82) is 0 Å². The van der Waals surface area contributed by atoms with Crippen LogP contribution < -0.4 is 5.32 Å². The number of carbonyl (C=O) groups excluding carboxylic acids is 1. The minimum absolute atomic E-state index is 0.184. The highest BCUT2D eigenvalue weighted by atomic mass is 79.9. The summed E-state index contributed by atoms with van der Waals surface area (Å²) >= 11 is 3.30. The molecule has 0 aliphatic carbocycles. The number of hydrogen-bond acceptors (Lipinski definition) is 3. The van der Waals surface area contributed by atoms with Crippen molar-refractivity contribution >= 4 is 32.9 Å². The number of aromatic amines is 1. The number of benzene rings is 1. The third-order valence-electron chi connectivity index (χ3n) is 3.13. The Kier molecular flexibility index (Phi) is 3.70. The summed E-state index contributed by atoms with van der Waals surface area (Å²) in [6.45, 7) is 1.89. The molecule has 2 N–H and O–H groups in total. The van der Waals surface area contributed by atoms with Crippen LogP contribution in [0.5, 0.6) is 0 Å². The largest absolute Gasteiger partial charge is 0.342 e. The van der Waals surface area contributed by atoms with Crippen molar-refractivity contribution in [2.75, 3.05) is 0 Å². The predicted octanol–water partition coefficient (Wildman–Crippen LogP) is 3.21. The second-order valence-electron chi connectivity index (χ2n) is 4.73. The number of carbonyl (C=O) groups is 1. The number of pyridine rings is 1. The lowest BCUT2D eigenvalue weighted by molar-refractivity contribution is 0.0938. The molecule has 1 aromatic carbocycles. The summed E-state index contributed by atoms with van der Waals surface area (Å²) in [7, 11) is 0. The highest BCUT2D eigenvalue weighted by Crippen LogP contribution is 2.16. The SMILES string of the molecule is CC(NC(=O)c1cncc(Br)c1)c1nc2ccccc2[nH]1. The van der Waals surface area contributed by atoms with Crippen LogP contribution in [0.4, 0.5) is 0 Å². The molecule has 0 saturated heterocycles. The van der Waals surface area contributed by atoms with E-state index in [2.05, 4.69) is 36.2 Å². The summed E-state index contributed by atoms with van der Waals surface area (Å²) in [6.07, 6.45) is 3.17. The van der Waals surface area contributed by atoms with Crippen LogP contribution in [0.15, 0.2) is 47.2 Å². The van der Waals surface area contributed by atoms with Crippen LogP contribution in [0.2, 0.25) is 0 Å². The molecule has 3 aromatic rings. The summed E-state index contributed by atoms with van der Waals surface area (Å²) in [5, 5.41) is 2.91. The van der Waals surface area contributed by atoms with Crippen LogP contribution >= 0.6 is 15.9 Å². The topological polar surface area (TPSA) is 70.7 Å². The maximum Gasteiger partial charge on any atom is 0.253 e. The van der Waals surface area contributed by atoms with Crippen molar-refractivity contribution in [2.45, 2.75) is 13.0 Å². The Hall–Kier alpha value is -2.21. The van der Waals surface area contributed by atoms with Crippen molar-refractivity contribution in [3.05, 3.63) is 58.6 Å². The van der Waals surface area contributed by atoms with E-state index in [0.29, 0.717) is 5.56 Å². The standard InChI is InChI=1S/C15H13BrN4O/c1-9(14-19-12-4-2-3-5-13(12)20-14)18-15(21)10-6-11(16)8-17-7-10/h2-9H,1H3,(H,18,21)(H,19,20). The average molecular weight is 345 g/mol. The molecule has 6 heteroatoms. The molecule has 0 aliphatic rings. The van der Waals surface area contributed by atoms with Gasteiger partial charge in [-0.15, -0.1) is 0 Å². The van der Waals surface area contributed by atoms with Gasteiger partial charge in [-0.25, -0.2) is 4.98 Å². The lowest BCUT2D eigenvalue weighted by Crippen LogP contribution is -2.27. The number of H-pyrrole nitrogens is 1. The quantitative estimate of drug-likeness (QED) is 0.766. The fraction of sp³-hybridized carbons (Fsp3) is 0.133. The molecule has 106 valence electrons. The first-order chi connectivity index (χ1) is 10.1. The Balaban J connectivity index is 1.79. The van der Waals surface area contributed by atoms with E-state index >= 15 is 0 Å². The summed E-state index contributed by atoms with van der Waals surface area (Å²) in [5.74, 6) is 0.546. The zero-order valence-corrected chi connectivity index (χ0v) is 12.9. The van der Waals surface area contributed by atoms with Gasteiger partial charge in [0.1, 0.15) is 5.82 Å². The number of halogens is 1. The van der Waals surface area contributed by atoms with Crippen molar-refractivity contribution in [3.63, 3.8) is 0 Å². The zero-order chi connectivity index (χ0) is 14.8. The predicted molar refractivity (Wildman–Crippen MR) is 83.9 cm³/mol. The van der Waals surface area contributed by atoms with Crippen molar-refractivity contribution < 1.29 is 4.79 Å². The molecule has 1 amide bonds. The maximum absolute atomic E-state index is 12.2. The van der Waals surface area contributed by atoms with Gasteiger partial charge in [0.15, 0.2) is 0 Å². The number of rotatable bonds is 3. The van der Waals surface area contributed by atoms with Gasteiger partial charge in [0.2, 0.25) is 0 Å². The molecular weight excluding hydrogens is 332 g/mol. The van der Waals surface area contributed by atoms with Crippen molar-refractivity contribution in [2.24, 2.45) is 0 Å². The lowest BCUT2D eigenvalue weighted by atomic mass is 10.2. The molecule has 21 heavy (non-hydrogen) atoms. The maximum atomic E-state index is 12.2. The van der Waals surface area contributed by atoms with E-state index in [1.165, 1.54) is 6.20 Å². The number of amides is 1. The van der Waals surface area contributed by atoms with Gasteiger partial charge in [-0.05, 0) is 41.1 Å². The van der Waals surface area contributed by atoms with Gasteiger partial charge >= 0.3 is 0 Å². The molecule has 1 atom stereocenters. The molecule has 2 aromatic heterocycles. The van der Waals surface area contributed by atoms with Crippen LogP contribution in [-0.4, -0.2) is 20.9 Å². The van der Waals surface area contributed by atoms with Gasteiger partial charge in [0.05, 0.1) is 22.6 Å². The number of fused-ring (bicyclic) bond motifs is 1. The van der Waals surface area contributed by atoms with E-state index < -0.39 is 0 Å². The van der Waals surface area contributed by atoms with E-state index in [1.54, 1.807) is 12.3 Å². The van der Waals surface area contributed by atoms with Gasteiger partial charge in [0, 0.05) is 16.9 Å². The van der Waals surface area contributed by atoms with Crippen LogP contribution in [0.1, 0.15) is 29.1 Å². The fourth-order valence-electron chi connectivity index (χ4n) is 2.06. The molecule has 3 rings (SSSR count). The molecule has 5 nitrogen and oxygen atoms in total. The molecule has 0 aliphatic heterocycles. The third kappa shape index (κ3) is 2.95. The molecule has 0 fully saturated rings. The molecular formula is C15H13BrN4O. The molecule has 0 radical (unpaired) electrons. The summed E-state index contributed by atoms with van der Waals surface area (Å²) in [4.78, 5) is 23.9. The van der Waals surface area contributed by atoms with Gasteiger partial charge in [-0.3, -0.25) is 9.78 Å². The molecule has 2 heterocycles. The Morgan fingerprint density at radius 3 is 2.90 bits per heavy atom. The average Bonchev–Trinajstić information content (AvgIpc) is 2.91. The molecule has 0 saturated carbocycles. The lowest BCUT2D eigenvalue weighted by Gasteiger charge is -2.11. The van der Waals surface area contributed by atoms with E-state index in [-0.39, 0.29) is 11.9 Å². The first-order valence-electron chi connectivity index (χ1n) is 6.49. The number of nitrogens with zero attached hydrogens (tertiary/aromatic N) is 2. The Morgan fingerprint density at radius 1 is 1.33 bits per heavy atom. The molecule has 0 bridgehead atoms. The van der Waals surface area contributed by atoms with Gasteiger partial charge < -0.3 is 10.3 Å². The number of para-hydroxylation sites is 2. The first-order valence-corrected chi connectivity index (χ1v) is 7.29. The van der Waals surface area contributed by atoms with Crippen molar-refractivity contribution in [1.82, 2.24) is 20.3 Å². The van der Waals surface area contributed by atoms with Gasteiger partial charge in [0.25, 0.3) is 5.91 Å². The Morgan fingerprint density at radius 2 is 2.14 bits per heavy atom. The van der Waals surface area contributed by atoms with Crippen LogP contribution in [-0.2, 0) is 0 Å². The summed E-state index contributed by atoms with van der Waals surface area (Å²) in [6, 6.07) is 9.28. The third-order valence-corrected chi connectivity index (χ3v) is 3.57. The normalized spacial score (nSPS) is 12.3. The van der Waals surface area contributed by atoms with Crippen LogP contribution in [0, 0.1) is 0 Å². The fourth-order valence-corrected chi connectivity index (χ4v) is 2.43. The first kappa shape index (κ1) is 13.8. The second-order valence-corrected chi connectivity index (χ2v) is 5.64. The summed E-state index contributed by atoms with van der Waals surface area (Å²) < 4.78 is 0.770. The molecule has 0 spiro atoms. The summed E-state index contributed by atoms with van der Waals surface area (Å²) in [5.41, 5.74) is 2.35. The van der Waals surface area contributed by atoms with E-state index in [1.807, 2.05) is 31.2 Å². The van der Waals surface area contributed by atoms with Crippen LogP contribution in [0.25, 0.3) is 11.0 Å². The number of nitrogens with one attached hydrogen (secondary N) is 2. The van der Waals surface area contributed by atoms with Gasteiger partial charge in [-0.2, -0.15) is 0 Å². The molecule has 1 unspecified atom stereocenters. The van der Waals surface area contributed by atoms with E-state index in [4.69, 9.17) is 0 Å². The van der Waals surface area contributed by atoms with Crippen LogP contribution in [0.3, 0.4) is 0 Å². The zero-order valence-electron chi connectivity index (χ0n) is 11.3. The smallest absolute Gasteiger partial charge is 0.253 e. The van der Waals surface area contributed by atoms with Gasteiger partial charge in [-0.1, -0.05) is 12.1 Å².